The predicted octanol–water partition coefficient (Wildman–Crippen LogP) is 3.82. The molecule has 1 aromatic rings. The molecular weight excluding hydrogens is 440 g/mol. The largest absolute Gasteiger partial charge is 0.433 e. The van der Waals surface area contributed by atoms with Crippen molar-refractivity contribution in [1.29, 1.82) is 0 Å². The van der Waals surface area contributed by atoms with Crippen molar-refractivity contribution in [2.24, 2.45) is 0 Å². The molecular formula is C20H27F6N5O. The lowest BCUT2D eigenvalue weighted by Crippen LogP contribution is -2.53. The average molecular weight is 467 g/mol. The highest BCUT2D eigenvalue weighted by Crippen LogP contribution is 2.37. The van der Waals surface area contributed by atoms with Gasteiger partial charge in [-0.25, -0.2) is 9.78 Å². The molecule has 2 heterocycles. The first-order chi connectivity index (χ1) is 14.8. The summed E-state index contributed by atoms with van der Waals surface area (Å²) in [4.78, 5) is 20.5. The maximum absolute atomic E-state index is 13.1. The van der Waals surface area contributed by atoms with Crippen molar-refractivity contribution in [3.05, 3.63) is 23.5 Å². The van der Waals surface area contributed by atoms with E-state index >= 15 is 0 Å². The molecule has 0 spiro atoms. The second kappa shape index (κ2) is 9.32. The number of halogens is 6. The topological polar surface area (TPSA) is 51.7 Å². The van der Waals surface area contributed by atoms with Crippen LogP contribution in [-0.4, -0.2) is 73.2 Å². The van der Waals surface area contributed by atoms with Crippen LogP contribution in [0.4, 0.5) is 36.8 Å². The van der Waals surface area contributed by atoms with Crippen LogP contribution in [0.3, 0.4) is 0 Å². The van der Waals surface area contributed by atoms with Crippen LogP contribution in [0.15, 0.2) is 12.1 Å². The fourth-order valence-electron chi connectivity index (χ4n) is 4.10. The number of anilines is 1. The molecule has 1 saturated heterocycles. The van der Waals surface area contributed by atoms with Gasteiger partial charge in [-0.05, 0) is 44.9 Å². The summed E-state index contributed by atoms with van der Waals surface area (Å²) in [5.41, 5.74) is -3.31. The molecule has 6 nitrogen and oxygen atoms in total. The zero-order valence-corrected chi connectivity index (χ0v) is 17.9. The summed E-state index contributed by atoms with van der Waals surface area (Å²) in [6.07, 6.45) is -7.70. The molecule has 3 rings (SSSR count). The highest BCUT2D eigenvalue weighted by atomic mass is 19.4. The minimum absolute atomic E-state index is 0.0688. The molecule has 0 bridgehead atoms. The fraction of sp³-hybridized carbons (Fsp3) is 0.700. The van der Waals surface area contributed by atoms with Crippen molar-refractivity contribution in [3.63, 3.8) is 0 Å². The monoisotopic (exact) mass is 467 g/mol. The number of likely N-dealkylation sites (N-methyl/N-ethyl adjacent to an activating group) is 1. The van der Waals surface area contributed by atoms with Crippen LogP contribution >= 0.6 is 0 Å². The number of aromatic nitrogens is 1. The van der Waals surface area contributed by atoms with Crippen molar-refractivity contribution in [2.75, 3.05) is 45.2 Å². The Morgan fingerprint density at radius 1 is 0.969 bits per heavy atom. The van der Waals surface area contributed by atoms with Crippen LogP contribution in [0.2, 0.25) is 0 Å². The van der Waals surface area contributed by atoms with E-state index < -0.39 is 23.7 Å². The van der Waals surface area contributed by atoms with E-state index in [9.17, 15) is 31.1 Å². The molecule has 0 radical (unpaired) electrons. The van der Waals surface area contributed by atoms with Gasteiger partial charge in [0.05, 0.1) is 0 Å². The van der Waals surface area contributed by atoms with Crippen LogP contribution in [-0.2, 0) is 12.4 Å². The maximum atomic E-state index is 13.1. The van der Waals surface area contributed by atoms with Gasteiger partial charge in [0, 0.05) is 51.0 Å². The van der Waals surface area contributed by atoms with Crippen molar-refractivity contribution in [1.82, 2.24) is 20.1 Å². The lowest BCUT2D eigenvalue weighted by Gasteiger charge is -2.38. The Hall–Kier alpha value is -2.24. The molecule has 180 valence electrons. The van der Waals surface area contributed by atoms with Gasteiger partial charge in [0.2, 0.25) is 0 Å². The van der Waals surface area contributed by atoms with Crippen LogP contribution in [0.1, 0.15) is 37.1 Å². The van der Waals surface area contributed by atoms with Crippen LogP contribution < -0.4 is 10.2 Å². The maximum Gasteiger partial charge on any atom is 0.433 e. The lowest BCUT2D eigenvalue weighted by atomic mass is 9.90. The number of hydrogen-bond donors (Lipinski definition) is 1. The number of urea groups is 1. The van der Waals surface area contributed by atoms with Crippen molar-refractivity contribution in [3.8, 4) is 0 Å². The Labute approximate surface area is 182 Å². The van der Waals surface area contributed by atoms with E-state index in [4.69, 9.17) is 0 Å². The smallest absolute Gasteiger partial charge is 0.371 e. The van der Waals surface area contributed by atoms with Crippen molar-refractivity contribution >= 4 is 11.7 Å². The molecule has 32 heavy (non-hydrogen) atoms. The first-order valence-electron chi connectivity index (χ1n) is 10.5. The molecule has 2 amide bonds. The quantitative estimate of drug-likeness (QED) is 0.687. The third-order valence-corrected chi connectivity index (χ3v) is 6.16. The Balaban J connectivity index is 1.62. The summed E-state index contributed by atoms with van der Waals surface area (Å²) in [5, 5.41) is 3.00. The number of nitrogens with zero attached hydrogens (tertiary/aromatic N) is 4. The van der Waals surface area contributed by atoms with Gasteiger partial charge in [0.15, 0.2) is 0 Å². The van der Waals surface area contributed by atoms with E-state index in [2.05, 4.69) is 15.2 Å². The summed E-state index contributed by atoms with van der Waals surface area (Å²) in [7, 11) is 3.48. The second-order valence-corrected chi connectivity index (χ2v) is 8.45. The van der Waals surface area contributed by atoms with Crippen molar-refractivity contribution in [2.45, 2.75) is 50.1 Å². The Kier molecular flexibility index (Phi) is 7.11. The van der Waals surface area contributed by atoms with Gasteiger partial charge in [-0.15, -0.1) is 0 Å². The van der Waals surface area contributed by atoms with Crippen LogP contribution in [0, 0.1) is 0 Å². The number of amides is 2. The van der Waals surface area contributed by atoms with Gasteiger partial charge in [0.25, 0.3) is 0 Å². The zero-order chi connectivity index (χ0) is 23.7. The SMILES string of the molecule is CN1CCN(C(=O)N[C@H]2CC[C@@H](N(C)c3cc(C(F)(F)F)nc(C(F)(F)F)c3)CC2)CC1. The third-order valence-electron chi connectivity index (χ3n) is 6.16. The van der Waals surface area contributed by atoms with E-state index in [0.29, 0.717) is 50.9 Å². The highest BCUT2D eigenvalue weighted by molar-refractivity contribution is 5.74. The first kappa shape index (κ1) is 24.4. The number of nitrogens with one attached hydrogen (secondary N) is 1. The summed E-state index contributed by atoms with van der Waals surface area (Å²) >= 11 is 0. The van der Waals surface area contributed by atoms with Gasteiger partial charge >= 0.3 is 18.4 Å². The summed E-state index contributed by atoms with van der Waals surface area (Å²) in [6.45, 7) is 2.89. The van der Waals surface area contributed by atoms with Gasteiger partial charge in [-0.1, -0.05) is 0 Å². The minimum Gasteiger partial charge on any atom is -0.371 e. The molecule has 0 unspecified atom stereocenters. The van der Waals surface area contributed by atoms with Crippen molar-refractivity contribution < 1.29 is 31.1 Å². The molecule has 1 aromatic heterocycles. The van der Waals surface area contributed by atoms with Gasteiger partial charge in [-0.2, -0.15) is 26.3 Å². The fourth-order valence-corrected chi connectivity index (χ4v) is 4.10. The summed E-state index contributed by atoms with van der Waals surface area (Å²) in [6, 6.07) is 0.859. The molecule has 2 fully saturated rings. The summed E-state index contributed by atoms with van der Waals surface area (Å²) < 4.78 is 78.6. The Morgan fingerprint density at radius 2 is 1.47 bits per heavy atom. The molecule has 1 aliphatic carbocycles. The molecule has 1 aliphatic heterocycles. The normalized spacial score (nSPS) is 23.2. The number of hydrogen-bond acceptors (Lipinski definition) is 4. The lowest BCUT2D eigenvalue weighted by molar-refractivity contribution is -0.150. The summed E-state index contributed by atoms with van der Waals surface area (Å²) in [5.74, 6) is 0. The Bertz CT molecular complexity index is 766. The minimum atomic E-state index is -4.98. The van der Waals surface area contributed by atoms with Crippen LogP contribution in [0.5, 0.6) is 0 Å². The molecule has 1 N–H and O–H groups in total. The van der Waals surface area contributed by atoms with Gasteiger partial charge in [-0.3, -0.25) is 0 Å². The number of piperazine rings is 1. The average Bonchev–Trinajstić information content (AvgIpc) is 2.72. The predicted molar refractivity (Wildman–Crippen MR) is 106 cm³/mol. The van der Waals surface area contributed by atoms with E-state index in [1.807, 2.05) is 7.05 Å². The number of carbonyl (C=O) groups excluding carboxylic acids is 1. The number of pyridine rings is 1. The Morgan fingerprint density at radius 3 is 1.94 bits per heavy atom. The number of alkyl halides is 6. The highest BCUT2D eigenvalue weighted by Gasteiger charge is 2.39. The van der Waals surface area contributed by atoms with Gasteiger partial charge in [0.1, 0.15) is 11.4 Å². The van der Waals surface area contributed by atoms with E-state index in [1.54, 1.807) is 4.90 Å². The zero-order valence-electron chi connectivity index (χ0n) is 17.9. The van der Waals surface area contributed by atoms with E-state index in [-0.39, 0.29) is 23.8 Å². The number of carbonyl (C=O) groups is 1. The van der Waals surface area contributed by atoms with E-state index in [1.165, 1.54) is 11.9 Å². The first-order valence-corrected chi connectivity index (χ1v) is 10.5. The molecule has 0 aromatic carbocycles. The standard InChI is InChI=1S/C20H27F6N5O/c1-29-7-9-31(10-8-29)18(32)27-13-3-5-14(6-4-13)30(2)15-11-16(19(21,22)23)28-17(12-15)20(24,25)26/h11-14H,3-10H2,1-2H3,(H,27,32)/t13-,14+. The molecule has 0 atom stereocenters. The molecule has 1 saturated carbocycles. The number of rotatable bonds is 3. The van der Waals surface area contributed by atoms with Gasteiger partial charge < -0.3 is 20.0 Å². The third kappa shape index (κ3) is 5.96. The molecule has 12 heteroatoms. The van der Waals surface area contributed by atoms with E-state index in [0.717, 1.165) is 13.1 Å². The molecule has 2 aliphatic rings. The van der Waals surface area contributed by atoms with Crippen LogP contribution in [0.25, 0.3) is 0 Å². The second-order valence-electron chi connectivity index (χ2n) is 8.45.